The summed E-state index contributed by atoms with van der Waals surface area (Å²) in [6.45, 7) is 2.17. The highest BCUT2D eigenvalue weighted by atomic mass is 16.5. The molecule has 0 aromatic carbocycles. The summed E-state index contributed by atoms with van der Waals surface area (Å²) < 4.78 is 5.56. The van der Waals surface area contributed by atoms with E-state index in [1.54, 1.807) is 6.92 Å². The van der Waals surface area contributed by atoms with Gasteiger partial charge in [0.05, 0.1) is 24.9 Å². The largest absolute Gasteiger partial charge is 0.465 e. The molecule has 88 valence electrons. The maximum Gasteiger partial charge on any atom is 0.404 e. The molecule has 1 aliphatic carbocycles. The topological polar surface area (TPSA) is 78.8 Å². The lowest BCUT2D eigenvalue weighted by atomic mass is 9.95. The van der Waals surface area contributed by atoms with Gasteiger partial charge in [0.15, 0.2) is 0 Å². The van der Waals surface area contributed by atoms with E-state index in [2.05, 4.69) is 5.32 Å². The average molecular weight is 217 g/mol. The highest BCUT2D eigenvalue weighted by Crippen LogP contribution is 2.20. The van der Waals surface area contributed by atoms with Crippen LogP contribution in [0.3, 0.4) is 0 Å². The van der Waals surface area contributed by atoms with Crippen molar-refractivity contribution in [3.8, 4) is 0 Å². The Bertz CT molecular complexity index is 202. The molecule has 0 unspecified atom stereocenters. The van der Waals surface area contributed by atoms with Crippen LogP contribution in [0.5, 0.6) is 0 Å². The number of aliphatic hydroxyl groups is 1. The number of ether oxygens (including phenoxy) is 1. The minimum absolute atomic E-state index is 0.173. The normalized spacial score (nSPS) is 28.4. The standard InChI is InChI=1S/C10H19NO4/c1-7(11-10(13)14)6-15-9-4-2-8(12)3-5-9/h7-9,11-12H,2-6H2,1H3,(H,13,14)/t7-,8-,9+/m0/s1. The lowest BCUT2D eigenvalue weighted by molar-refractivity contribution is -0.00943. The maximum absolute atomic E-state index is 10.3. The Morgan fingerprint density at radius 3 is 2.60 bits per heavy atom. The summed E-state index contributed by atoms with van der Waals surface area (Å²) >= 11 is 0. The lowest BCUT2D eigenvalue weighted by Gasteiger charge is -2.26. The van der Waals surface area contributed by atoms with Gasteiger partial charge in [-0.05, 0) is 32.6 Å². The number of hydrogen-bond donors (Lipinski definition) is 3. The van der Waals surface area contributed by atoms with Crippen LogP contribution in [0.15, 0.2) is 0 Å². The van der Waals surface area contributed by atoms with Crippen molar-refractivity contribution in [1.82, 2.24) is 5.32 Å². The molecule has 0 aromatic heterocycles. The summed E-state index contributed by atoms with van der Waals surface area (Å²) in [5.41, 5.74) is 0. The molecule has 3 N–H and O–H groups in total. The van der Waals surface area contributed by atoms with Gasteiger partial charge in [0, 0.05) is 0 Å². The van der Waals surface area contributed by atoms with Crippen molar-refractivity contribution in [3.63, 3.8) is 0 Å². The summed E-state index contributed by atoms with van der Waals surface area (Å²) in [5, 5.41) is 20.1. The molecule has 1 fully saturated rings. The van der Waals surface area contributed by atoms with Crippen LogP contribution in [-0.4, -0.2) is 41.2 Å². The fraction of sp³-hybridized carbons (Fsp3) is 0.900. The second kappa shape index (κ2) is 5.92. The van der Waals surface area contributed by atoms with Gasteiger partial charge in [0.25, 0.3) is 0 Å². The Hall–Kier alpha value is -0.810. The van der Waals surface area contributed by atoms with Crippen LogP contribution < -0.4 is 5.32 Å². The first kappa shape index (κ1) is 12.3. The Balaban J connectivity index is 2.11. The van der Waals surface area contributed by atoms with Gasteiger partial charge in [0.2, 0.25) is 0 Å². The molecule has 0 saturated heterocycles. The van der Waals surface area contributed by atoms with Gasteiger partial charge in [-0.2, -0.15) is 0 Å². The van der Waals surface area contributed by atoms with Crippen molar-refractivity contribution < 1.29 is 19.7 Å². The second-order valence-corrected chi connectivity index (χ2v) is 4.11. The monoisotopic (exact) mass is 217 g/mol. The third-order valence-corrected chi connectivity index (χ3v) is 2.60. The summed E-state index contributed by atoms with van der Waals surface area (Å²) in [6.07, 6.45) is 2.26. The number of rotatable bonds is 4. The van der Waals surface area contributed by atoms with Crippen LogP contribution in [0, 0.1) is 0 Å². The fourth-order valence-corrected chi connectivity index (χ4v) is 1.74. The summed E-state index contributed by atoms with van der Waals surface area (Å²) in [7, 11) is 0. The molecule has 15 heavy (non-hydrogen) atoms. The van der Waals surface area contributed by atoms with Gasteiger partial charge in [-0.25, -0.2) is 4.79 Å². The number of hydrogen-bond acceptors (Lipinski definition) is 3. The molecular formula is C10H19NO4. The van der Waals surface area contributed by atoms with Gasteiger partial charge in [-0.15, -0.1) is 0 Å². The number of amides is 1. The van der Waals surface area contributed by atoms with Crippen LogP contribution in [0.2, 0.25) is 0 Å². The van der Waals surface area contributed by atoms with E-state index in [1.165, 1.54) is 0 Å². The third-order valence-electron chi connectivity index (χ3n) is 2.60. The molecular weight excluding hydrogens is 198 g/mol. The van der Waals surface area contributed by atoms with Crippen molar-refractivity contribution in [2.45, 2.75) is 50.9 Å². The predicted molar refractivity (Wildman–Crippen MR) is 54.8 cm³/mol. The molecule has 5 heteroatoms. The Morgan fingerprint density at radius 2 is 2.07 bits per heavy atom. The van der Waals surface area contributed by atoms with Gasteiger partial charge < -0.3 is 20.3 Å². The smallest absolute Gasteiger partial charge is 0.404 e. The molecule has 1 saturated carbocycles. The predicted octanol–water partition coefficient (Wildman–Crippen LogP) is 0.963. The van der Waals surface area contributed by atoms with Crippen molar-refractivity contribution in [3.05, 3.63) is 0 Å². The van der Waals surface area contributed by atoms with Crippen molar-refractivity contribution >= 4 is 6.09 Å². The number of aliphatic hydroxyl groups excluding tert-OH is 1. The van der Waals surface area contributed by atoms with E-state index < -0.39 is 6.09 Å². The van der Waals surface area contributed by atoms with Gasteiger partial charge >= 0.3 is 6.09 Å². The molecule has 5 nitrogen and oxygen atoms in total. The van der Waals surface area contributed by atoms with Gasteiger partial charge in [-0.1, -0.05) is 0 Å². The zero-order valence-corrected chi connectivity index (χ0v) is 8.98. The summed E-state index contributed by atoms with van der Waals surface area (Å²) in [5.74, 6) is 0. The quantitative estimate of drug-likeness (QED) is 0.655. The first-order valence-corrected chi connectivity index (χ1v) is 5.37. The number of carbonyl (C=O) groups is 1. The summed E-state index contributed by atoms with van der Waals surface area (Å²) in [6, 6.07) is -0.186. The maximum atomic E-state index is 10.3. The van der Waals surface area contributed by atoms with E-state index >= 15 is 0 Å². The number of nitrogens with one attached hydrogen (secondary N) is 1. The molecule has 0 aliphatic heterocycles. The van der Waals surface area contributed by atoms with Crippen molar-refractivity contribution in [2.24, 2.45) is 0 Å². The molecule has 1 aliphatic rings. The zero-order chi connectivity index (χ0) is 11.3. The van der Waals surface area contributed by atoms with Crippen LogP contribution in [0.1, 0.15) is 32.6 Å². The van der Waals surface area contributed by atoms with Crippen LogP contribution in [-0.2, 0) is 4.74 Å². The van der Waals surface area contributed by atoms with E-state index in [4.69, 9.17) is 9.84 Å². The van der Waals surface area contributed by atoms with Crippen molar-refractivity contribution in [2.75, 3.05) is 6.61 Å². The highest BCUT2D eigenvalue weighted by Gasteiger charge is 2.20. The minimum atomic E-state index is -1.02. The second-order valence-electron chi connectivity index (χ2n) is 4.11. The third kappa shape index (κ3) is 4.99. The van der Waals surface area contributed by atoms with E-state index in [0.29, 0.717) is 6.61 Å². The molecule has 0 aromatic rings. The SMILES string of the molecule is C[C@@H](CO[C@H]1CC[C@@H](O)CC1)NC(=O)O. The van der Waals surface area contributed by atoms with Gasteiger partial charge in [0.1, 0.15) is 0 Å². The lowest BCUT2D eigenvalue weighted by Crippen LogP contribution is -2.36. The zero-order valence-electron chi connectivity index (χ0n) is 8.98. The van der Waals surface area contributed by atoms with E-state index in [-0.39, 0.29) is 18.2 Å². The Labute approximate surface area is 89.4 Å². The Morgan fingerprint density at radius 1 is 1.47 bits per heavy atom. The molecule has 0 radical (unpaired) electrons. The van der Waals surface area contributed by atoms with Crippen LogP contribution in [0.4, 0.5) is 4.79 Å². The fourth-order valence-electron chi connectivity index (χ4n) is 1.74. The Kier molecular flexibility index (Phi) is 4.84. The average Bonchev–Trinajstić information content (AvgIpc) is 2.16. The number of carboxylic acid groups (broad SMARTS) is 1. The van der Waals surface area contributed by atoms with Crippen LogP contribution in [0.25, 0.3) is 0 Å². The van der Waals surface area contributed by atoms with E-state index in [9.17, 15) is 9.90 Å². The molecule has 1 atom stereocenters. The molecule has 1 rings (SSSR count). The first-order chi connectivity index (χ1) is 7.08. The minimum Gasteiger partial charge on any atom is -0.465 e. The van der Waals surface area contributed by atoms with Crippen molar-refractivity contribution in [1.29, 1.82) is 0 Å². The highest BCUT2D eigenvalue weighted by molar-refractivity contribution is 5.64. The summed E-state index contributed by atoms with van der Waals surface area (Å²) in [4.78, 5) is 10.3. The van der Waals surface area contributed by atoms with E-state index in [1.807, 2.05) is 0 Å². The first-order valence-electron chi connectivity index (χ1n) is 5.37. The molecule has 0 bridgehead atoms. The van der Waals surface area contributed by atoms with Gasteiger partial charge in [-0.3, -0.25) is 0 Å². The molecule has 0 heterocycles. The molecule has 1 amide bonds. The van der Waals surface area contributed by atoms with E-state index in [0.717, 1.165) is 25.7 Å². The molecule has 0 spiro atoms. The van der Waals surface area contributed by atoms with Crippen LogP contribution >= 0.6 is 0 Å².